The van der Waals surface area contributed by atoms with Gasteiger partial charge < -0.3 is 10.1 Å². The monoisotopic (exact) mass is 345 g/mol. The maximum absolute atomic E-state index is 12.3. The number of benzene rings is 1. The van der Waals surface area contributed by atoms with E-state index in [-0.39, 0.29) is 37.0 Å². The number of nitrogens with zero attached hydrogens (tertiary/aromatic N) is 2. The lowest BCUT2D eigenvalue weighted by Gasteiger charge is -2.12. The lowest BCUT2D eigenvalue weighted by molar-refractivity contribution is -0.148. The molecular weight excluding hydrogens is 322 g/mol. The normalized spacial score (nSPS) is 12.0. The molecule has 0 fully saturated rings. The van der Waals surface area contributed by atoms with Crippen LogP contribution in [0, 0.1) is 0 Å². The van der Waals surface area contributed by atoms with Crippen molar-refractivity contribution >= 4 is 22.8 Å². The van der Waals surface area contributed by atoms with Crippen LogP contribution in [0.15, 0.2) is 29.1 Å². The number of carbonyl (C=O) groups is 2. The average molecular weight is 345 g/mol. The molecule has 0 saturated carbocycles. The van der Waals surface area contributed by atoms with Crippen molar-refractivity contribution in [3.05, 3.63) is 40.4 Å². The van der Waals surface area contributed by atoms with Crippen molar-refractivity contribution in [2.24, 2.45) is 7.05 Å². The van der Waals surface area contributed by atoms with Gasteiger partial charge in [0, 0.05) is 19.5 Å². The largest absolute Gasteiger partial charge is 0.456 e. The molecule has 2 rings (SSSR count). The summed E-state index contributed by atoms with van der Waals surface area (Å²) in [5.74, 6) is -0.314. The molecule has 1 unspecified atom stereocenters. The Hall–Kier alpha value is -2.70. The van der Waals surface area contributed by atoms with Crippen LogP contribution in [0.5, 0.6) is 0 Å². The summed E-state index contributed by atoms with van der Waals surface area (Å²) in [6.45, 7) is 3.54. The Labute approximate surface area is 146 Å². The number of nitrogens with one attached hydrogen (secondary N) is 1. The van der Waals surface area contributed by atoms with Crippen LogP contribution in [-0.4, -0.2) is 34.1 Å². The Morgan fingerprint density at radius 1 is 1.32 bits per heavy atom. The van der Waals surface area contributed by atoms with E-state index in [1.807, 2.05) is 19.9 Å². The minimum atomic E-state index is -0.498. The Morgan fingerprint density at radius 3 is 2.76 bits per heavy atom. The fraction of sp³-hybridized carbons (Fsp3) is 0.444. The average Bonchev–Trinajstić information content (AvgIpc) is 2.61. The van der Waals surface area contributed by atoms with Crippen LogP contribution in [-0.2, 0) is 27.8 Å². The van der Waals surface area contributed by atoms with E-state index in [1.165, 1.54) is 4.57 Å². The summed E-state index contributed by atoms with van der Waals surface area (Å²) in [4.78, 5) is 40.1. The fourth-order valence-electron chi connectivity index (χ4n) is 2.34. The van der Waals surface area contributed by atoms with Crippen molar-refractivity contribution in [1.29, 1.82) is 0 Å². The van der Waals surface area contributed by atoms with Gasteiger partial charge in [0.05, 0.1) is 17.3 Å². The molecule has 0 radical (unpaired) electrons. The summed E-state index contributed by atoms with van der Waals surface area (Å²) >= 11 is 0. The van der Waals surface area contributed by atoms with Gasteiger partial charge in [0.1, 0.15) is 5.82 Å². The zero-order chi connectivity index (χ0) is 18.4. The van der Waals surface area contributed by atoms with Gasteiger partial charge in [-0.2, -0.15) is 0 Å². The van der Waals surface area contributed by atoms with Crippen molar-refractivity contribution in [3.8, 4) is 0 Å². The SMILES string of the molecule is CCC(C)NC(=O)COC(=O)CCc1nc2ccccc2c(=O)n1C. The number of amides is 1. The zero-order valence-electron chi connectivity index (χ0n) is 14.7. The van der Waals surface area contributed by atoms with Crippen LogP contribution in [0.3, 0.4) is 0 Å². The number of aryl methyl sites for hydroxylation is 1. The van der Waals surface area contributed by atoms with Crippen LogP contribution in [0.1, 0.15) is 32.5 Å². The number of ether oxygens (including phenoxy) is 1. The quantitative estimate of drug-likeness (QED) is 0.765. The molecular formula is C18H23N3O4. The predicted octanol–water partition coefficient (Wildman–Crippen LogP) is 1.32. The van der Waals surface area contributed by atoms with Gasteiger partial charge in [-0.15, -0.1) is 0 Å². The first kappa shape index (κ1) is 18.6. The highest BCUT2D eigenvalue weighted by molar-refractivity contribution is 5.81. The van der Waals surface area contributed by atoms with Gasteiger partial charge >= 0.3 is 5.97 Å². The minimum absolute atomic E-state index is 0.0440. The molecule has 1 atom stereocenters. The Balaban J connectivity index is 1.94. The molecule has 7 heteroatoms. The molecule has 1 N–H and O–H groups in total. The highest BCUT2D eigenvalue weighted by Gasteiger charge is 2.12. The van der Waals surface area contributed by atoms with Gasteiger partial charge in [-0.25, -0.2) is 4.98 Å². The third-order valence-electron chi connectivity index (χ3n) is 4.01. The van der Waals surface area contributed by atoms with Gasteiger partial charge in [-0.05, 0) is 25.5 Å². The van der Waals surface area contributed by atoms with Crippen molar-refractivity contribution in [2.45, 2.75) is 39.2 Å². The summed E-state index contributed by atoms with van der Waals surface area (Å²) in [6.07, 6.45) is 1.12. The van der Waals surface area contributed by atoms with Gasteiger partial charge in [-0.1, -0.05) is 19.1 Å². The summed E-state index contributed by atoms with van der Waals surface area (Å²) in [5.41, 5.74) is 0.448. The van der Waals surface area contributed by atoms with Gasteiger partial charge in [-0.3, -0.25) is 19.0 Å². The third-order valence-corrected chi connectivity index (χ3v) is 4.01. The van der Waals surface area contributed by atoms with Crippen molar-refractivity contribution in [3.63, 3.8) is 0 Å². The first-order chi connectivity index (χ1) is 11.9. The Bertz CT molecular complexity index is 829. The number of aromatic nitrogens is 2. The summed E-state index contributed by atoms with van der Waals surface area (Å²) in [5, 5.41) is 3.26. The molecule has 0 aliphatic carbocycles. The molecule has 0 saturated heterocycles. The second-order valence-corrected chi connectivity index (χ2v) is 5.95. The molecule has 0 aliphatic heterocycles. The van der Waals surface area contributed by atoms with E-state index in [4.69, 9.17) is 4.74 Å². The molecule has 2 aromatic rings. The standard InChI is InChI=1S/C18H23N3O4/c1-4-12(2)19-16(22)11-25-17(23)10-9-15-20-14-8-6-5-7-13(14)18(24)21(15)3/h5-8,12H,4,9-11H2,1-3H3,(H,19,22). The fourth-order valence-corrected chi connectivity index (χ4v) is 2.34. The highest BCUT2D eigenvalue weighted by atomic mass is 16.5. The van der Waals surface area contributed by atoms with E-state index in [0.717, 1.165) is 6.42 Å². The van der Waals surface area contributed by atoms with E-state index < -0.39 is 5.97 Å². The number of fused-ring (bicyclic) bond motifs is 1. The lowest BCUT2D eigenvalue weighted by atomic mass is 10.2. The van der Waals surface area contributed by atoms with E-state index in [2.05, 4.69) is 10.3 Å². The lowest BCUT2D eigenvalue weighted by Crippen LogP contribution is -2.35. The van der Waals surface area contributed by atoms with Gasteiger partial charge in [0.25, 0.3) is 11.5 Å². The molecule has 7 nitrogen and oxygen atoms in total. The Morgan fingerprint density at radius 2 is 2.04 bits per heavy atom. The molecule has 0 aliphatic rings. The van der Waals surface area contributed by atoms with Crippen LogP contribution in [0.4, 0.5) is 0 Å². The van der Waals surface area contributed by atoms with Crippen LogP contribution < -0.4 is 10.9 Å². The molecule has 25 heavy (non-hydrogen) atoms. The van der Waals surface area contributed by atoms with Gasteiger partial charge in [0.15, 0.2) is 6.61 Å². The van der Waals surface area contributed by atoms with Crippen LogP contribution in [0.2, 0.25) is 0 Å². The number of esters is 1. The van der Waals surface area contributed by atoms with E-state index in [1.54, 1.807) is 25.2 Å². The molecule has 1 heterocycles. The maximum Gasteiger partial charge on any atom is 0.306 e. The molecule has 1 amide bonds. The molecule has 1 aromatic carbocycles. The number of hydrogen-bond acceptors (Lipinski definition) is 5. The first-order valence-electron chi connectivity index (χ1n) is 8.32. The predicted molar refractivity (Wildman–Crippen MR) is 94.2 cm³/mol. The molecule has 0 spiro atoms. The number of carbonyl (C=O) groups excluding carboxylic acids is 2. The topological polar surface area (TPSA) is 90.3 Å². The first-order valence-corrected chi connectivity index (χ1v) is 8.32. The number of rotatable bonds is 7. The van der Waals surface area contributed by atoms with E-state index >= 15 is 0 Å². The van der Waals surface area contributed by atoms with Crippen molar-refractivity contribution in [1.82, 2.24) is 14.9 Å². The molecule has 134 valence electrons. The number of para-hydroxylation sites is 1. The summed E-state index contributed by atoms with van der Waals surface area (Å²) in [7, 11) is 1.63. The molecule has 1 aromatic heterocycles. The van der Waals surface area contributed by atoms with Crippen molar-refractivity contribution < 1.29 is 14.3 Å². The van der Waals surface area contributed by atoms with Crippen LogP contribution in [0.25, 0.3) is 10.9 Å². The minimum Gasteiger partial charge on any atom is -0.456 e. The smallest absolute Gasteiger partial charge is 0.306 e. The Kier molecular flexibility index (Phi) is 6.27. The van der Waals surface area contributed by atoms with Crippen LogP contribution >= 0.6 is 0 Å². The molecule has 0 bridgehead atoms. The van der Waals surface area contributed by atoms with E-state index in [0.29, 0.717) is 16.7 Å². The zero-order valence-corrected chi connectivity index (χ0v) is 14.7. The van der Waals surface area contributed by atoms with Crippen molar-refractivity contribution in [2.75, 3.05) is 6.61 Å². The second-order valence-electron chi connectivity index (χ2n) is 5.95. The second kappa shape index (κ2) is 8.41. The summed E-state index contributed by atoms with van der Waals surface area (Å²) < 4.78 is 6.40. The maximum atomic E-state index is 12.3. The highest BCUT2D eigenvalue weighted by Crippen LogP contribution is 2.08. The van der Waals surface area contributed by atoms with Gasteiger partial charge in [0.2, 0.25) is 0 Å². The third kappa shape index (κ3) is 4.89. The summed E-state index contributed by atoms with van der Waals surface area (Å²) in [6, 6.07) is 7.12. The number of hydrogen-bond donors (Lipinski definition) is 1. The van der Waals surface area contributed by atoms with E-state index in [9.17, 15) is 14.4 Å².